The standard InChI is InChI=1S/C27H27N7O4S/c1-17-14-18(2)34-26(29-17)31-32-27(34)39-16-24(36)33-13-12-28-25(37)22(33)15-23(35)30-19-8-10-21(11-9-19)38-20-6-4-3-5-7-20/h3-11,14,22H,12-13,15-16H2,1-2H3,(H,28,37)(H,30,35)/t22-/m1/s1. The number of hydrogen-bond donors (Lipinski definition) is 2. The fourth-order valence-corrected chi connectivity index (χ4v) is 5.21. The van der Waals surface area contributed by atoms with Gasteiger partial charge in [0.25, 0.3) is 5.78 Å². The van der Waals surface area contributed by atoms with Crippen LogP contribution in [0.1, 0.15) is 17.8 Å². The molecule has 2 aromatic heterocycles. The quantitative estimate of drug-likeness (QED) is 0.323. The van der Waals surface area contributed by atoms with E-state index in [2.05, 4.69) is 25.8 Å². The Hall–Kier alpha value is -4.45. The van der Waals surface area contributed by atoms with Gasteiger partial charge < -0.3 is 20.3 Å². The van der Waals surface area contributed by atoms with Crippen molar-refractivity contribution in [1.29, 1.82) is 0 Å². The fourth-order valence-electron chi connectivity index (χ4n) is 4.34. The summed E-state index contributed by atoms with van der Waals surface area (Å²) in [5.41, 5.74) is 2.30. The molecule has 1 aliphatic heterocycles. The molecule has 11 nitrogen and oxygen atoms in total. The van der Waals surface area contributed by atoms with Crippen molar-refractivity contribution in [2.75, 3.05) is 24.2 Å². The molecular formula is C27H27N7O4S. The Bertz CT molecular complexity index is 1510. The second-order valence-electron chi connectivity index (χ2n) is 9.03. The van der Waals surface area contributed by atoms with Gasteiger partial charge in [0.2, 0.25) is 17.7 Å². The summed E-state index contributed by atoms with van der Waals surface area (Å²) >= 11 is 1.22. The Kier molecular flexibility index (Phi) is 7.73. The third-order valence-electron chi connectivity index (χ3n) is 6.13. The van der Waals surface area contributed by atoms with E-state index in [0.29, 0.717) is 41.2 Å². The zero-order valence-electron chi connectivity index (χ0n) is 21.5. The number of piperazine rings is 1. The van der Waals surface area contributed by atoms with Crippen LogP contribution in [0.15, 0.2) is 65.8 Å². The minimum atomic E-state index is -0.909. The summed E-state index contributed by atoms with van der Waals surface area (Å²) in [6.45, 7) is 4.44. The van der Waals surface area contributed by atoms with E-state index < -0.39 is 6.04 Å². The summed E-state index contributed by atoms with van der Waals surface area (Å²) in [5.74, 6) is 0.854. The number of hydrogen-bond acceptors (Lipinski definition) is 8. The van der Waals surface area contributed by atoms with Gasteiger partial charge in [0.05, 0.1) is 12.2 Å². The number of aromatic nitrogens is 4. The number of rotatable bonds is 8. The molecule has 39 heavy (non-hydrogen) atoms. The summed E-state index contributed by atoms with van der Waals surface area (Å²) in [6, 6.07) is 17.3. The molecule has 12 heteroatoms. The van der Waals surface area contributed by atoms with Gasteiger partial charge in [0, 0.05) is 30.2 Å². The molecule has 0 spiro atoms. The van der Waals surface area contributed by atoms with Crippen LogP contribution < -0.4 is 15.4 Å². The molecule has 2 aromatic carbocycles. The van der Waals surface area contributed by atoms with E-state index in [1.54, 1.807) is 28.7 Å². The molecule has 0 unspecified atom stereocenters. The highest BCUT2D eigenvalue weighted by Crippen LogP contribution is 2.24. The summed E-state index contributed by atoms with van der Waals surface area (Å²) in [6.07, 6.45) is -0.166. The molecule has 1 atom stereocenters. The molecule has 4 aromatic rings. The predicted octanol–water partition coefficient (Wildman–Crippen LogP) is 2.98. The molecule has 0 bridgehead atoms. The number of carbonyl (C=O) groups excluding carboxylic acids is 3. The molecule has 2 N–H and O–H groups in total. The van der Waals surface area contributed by atoms with Gasteiger partial charge in [0.1, 0.15) is 17.5 Å². The third-order valence-corrected chi connectivity index (χ3v) is 7.05. The van der Waals surface area contributed by atoms with Gasteiger partial charge in [-0.05, 0) is 56.3 Å². The molecule has 0 saturated carbocycles. The zero-order valence-corrected chi connectivity index (χ0v) is 22.3. The number of anilines is 1. The molecule has 0 radical (unpaired) electrons. The van der Waals surface area contributed by atoms with Crippen molar-refractivity contribution in [3.8, 4) is 11.5 Å². The summed E-state index contributed by atoms with van der Waals surface area (Å²) in [7, 11) is 0. The molecule has 1 aliphatic rings. The van der Waals surface area contributed by atoms with Crippen LogP contribution in [0.2, 0.25) is 0 Å². The lowest BCUT2D eigenvalue weighted by Crippen LogP contribution is -2.58. The number of ether oxygens (including phenoxy) is 1. The topological polar surface area (TPSA) is 131 Å². The zero-order chi connectivity index (χ0) is 27.4. The first-order valence-electron chi connectivity index (χ1n) is 12.4. The van der Waals surface area contributed by atoms with E-state index in [1.165, 1.54) is 16.7 Å². The highest BCUT2D eigenvalue weighted by molar-refractivity contribution is 7.99. The fraction of sp³-hybridized carbons (Fsp3) is 0.259. The highest BCUT2D eigenvalue weighted by Gasteiger charge is 2.34. The van der Waals surface area contributed by atoms with Crippen LogP contribution in [0.25, 0.3) is 5.78 Å². The normalized spacial score (nSPS) is 15.2. The van der Waals surface area contributed by atoms with E-state index in [4.69, 9.17) is 4.74 Å². The second kappa shape index (κ2) is 11.5. The summed E-state index contributed by atoms with van der Waals surface area (Å²) in [4.78, 5) is 44.5. The summed E-state index contributed by atoms with van der Waals surface area (Å²) < 4.78 is 7.56. The first kappa shape index (κ1) is 26.2. The minimum absolute atomic E-state index is 0.0440. The number of amides is 3. The van der Waals surface area contributed by atoms with Crippen LogP contribution in [0.4, 0.5) is 5.69 Å². The van der Waals surface area contributed by atoms with Gasteiger partial charge in [-0.25, -0.2) is 4.98 Å². The average Bonchev–Trinajstić information content (AvgIpc) is 3.33. The smallest absolute Gasteiger partial charge is 0.256 e. The maximum Gasteiger partial charge on any atom is 0.256 e. The molecular weight excluding hydrogens is 518 g/mol. The van der Waals surface area contributed by atoms with Crippen molar-refractivity contribution in [3.63, 3.8) is 0 Å². The van der Waals surface area contributed by atoms with Gasteiger partial charge in [-0.15, -0.1) is 10.2 Å². The van der Waals surface area contributed by atoms with Crippen LogP contribution in [-0.4, -0.2) is 67.1 Å². The minimum Gasteiger partial charge on any atom is -0.457 e. The number of aryl methyl sites for hydroxylation is 2. The number of benzene rings is 2. The van der Waals surface area contributed by atoms with Gasteiger partial charge in [0.15, 0.2) is 5.16 Å². The van der Waals surface area contributed by atoms with Crippen molar-refractivity contribution in [1.82, 2.24) is 29.8 Å². The van der Waals surface area contributed by atoms with E-state index >= 15 is 0 Å². The first-order chi connectivity index (χ1) is 18.9. The summed E-state index contributed by atoms with van der Waals surface area (Å²) in [5, 5.41) is 14.4. The lowest BCUT2D eigenvalue weighted by atomic mass is 10.1. The largest absolute Gasteiger partial charge is 0.457 e. The van der Waals surface area contributed by atoms with Gasteiger partial charge in [-0.1, -0.05) is 30.0 Å². The van der Waals surface area contributed by atoms with E-state index in [1.807, 2.05) is 50.2 Å². The number of nitrogens with one attached hydrogen (secondary N) is 2. The van der Waals surface area contributed by atoms with Gasteiger partial charge >= 0.3 is 0 Å². The van der Waals surface area contributed by atoms with Crippen molar-refractivity contribution in [3.05, 3.63) is 72.1 Å². The number of fused-ring (bicyclic) bond motifs is 1. The number of nitrogens with zero attached hydrogens (tertiary/aromatic N) is 5. The molecule has 200 valence electrons. The Morgan fingerprint density at radius 2 is 1.82 bits per heavy atom. The number of carbonyl (C=O) groups is 3. The molecule has 3 amide bonds. The Morgan fingerprint density at radius 3 is 2.59 bits per heavy atom. The molecule has 3 heterocycles. The molecule has 5 rings (SSSR count). The molecule has 1 saturated heterocycles. The van der Waals surface area contributed by atoms with Crippen LogP contribution >= 0.6 is 11.8 Å². The second-order valence-corrected chi connectivity index (χ2v) is 9.97. The van der Waals surface area contributed by atoms with E-state index in [-0.39, 0.29) is 29.9 Å². The third kappa shape index (κ3) is 6.17. The van der Waals surface area contributed by atoms with Crippen molar-refractivity contribution in [2.45, 2.75) is 31.5 Å². The number of para-hydroxylation sites is 1. The Labute approximate surface area is 229 Å². The van der Waals surface area contributed by atoms with E-state index in [0.717, 1.165) is 11.4 Å². The van der Waals surface area contributed by atoms with Gasteiger partial charge in [-0.3, -0.25) is 18.8 Å². The first-order valence-corrected chi connectivity index (χ1v) is 13.4. The maximum absolute atomic E-state index is 13.2. The Morgan fingerprint density at radius 1 is 1.08 bits per heavy atom. The van der Waals surface area contributed by atoms with Crippen LogP contribution in [0, 0.1) is 13.8 Å². The van der Waals surface area contributed by atoms with Crippen LogP contribution in [0.3, 0.4) is 0 Å². The van der Waals surface area contributed by atoms with Crippen LogP contribution in [-0.2, 0) is 14.4 Å². The van der Waals surface area contributed by atoms with E-state index in [9.17, 15) is 14.4 Å². The number of thioether (sulfide) groups is 1. The maximum atomic E-state index is 13.2. The predicted molar refractivity (Wildman–Crippen MR) is 146 cm³/mol. The lowest BCUT2D eigenvalue weighted by molar-refractivity contribution is -0.142. The SMILES string of the molecule is Cc1cc(C)n2c(SCC(=O)N3CCNC(=O)[C@H]3CC(=O)Nc3ccc(Oc4ccccc4)cc3)nnc2n1. The monoisotopic (exact) mass is 545 g/mol. The Balaban J connectivity index is 1.20. The average molecular weight is 546 g/mol. The van der Waals surface area contributed by atoms with Crippen molar-refractivity contribution >= 4 is 40.9 Å². The van der Waals surface area contributed by atoms with Crippen LogP contribution in [0.5, 0.6) is 11.5 Å². The molecule has 1 fully saturated rings. The van der Waals surface area contributed by atoms with Crippen molar-refractivity contribution in [2.24, 2.45) is 0 Å². The molecule has 0 aliphatic carbocycles. The van der Waals surface area contributed by atoms with Crippen molar-refractivity contribution < 1.29 is 19.1 Å². The lowest BCUT2D eigenvalue weighted by Gasteiger charge is -2.34. The van der Waals surface area contributed by atoms with Gasteiger partial charge in [-0.2, -0.15) is 0 Å². The highest BCUT2D eigenvalue weighted by atomic mass is 32.2.